The minimum atomic E-state index is 1.13. The molecule has 3 heteroatoms. The summed E-state index contributed by atoms with van der Waals surface area (Å²) in [5.41, 5.74) is 1.13. The van der Waals surface area contributed by atoms with E-state index >= 15 is 0 Å². The lowest BCUT2D eigenvalue weighted by atomic mass is 10.2. The van der Waals surface area contributed by atoms with E-state index in [0.29, 0.717) is 0 Å². The molecule has 0 unspecified atom stereocenters. The Bertz CT molecular complexity index is 278. The van der Waals surface area contributed by atoms with Crippen molar-refractivity contribution in [2.24, 2.45) is 0 Å². The fourth-order valence-electron chi connectivity index (χ4n) is 1.58. The maximum atomic E-state index is 4.47. The van der Waals surface area contributed by atoms with E-state index in [4.69, 9.17) is 0 Å². The van der Waals surface area contributed by atoms with E-state index in [1.807, 2.05) is 0 Å². The number of imidazole rings is 1. The first-order valence-electron chi connectivity index (χ1n) is 4.00. The number of rotatable bonds is 0. The number of nitrogens with zero attached hydrogens (tertiary/aromatic N) is 2. The molecular weight excluding hydrogens is 204 g/mol. The highest BCUT2D eigenvalue weighted by atomic mass is 79.9. The molecule has 0 atom stereocenters. The summed E-state index contributed by atoms with van der Waals surface area (Å²) in [6, 6.07) is 0. The Hall–Kier alpha value is -0.310. The Morgan fingerprint density at radius 1 is 1.45 bits per heavy atom. The lowest BCUT2D eigenvalue weighted by molar-refractivity contribution is 0.516. The average molecular weight is 215 g/mol. The fraction of sp³-hybridized carbons (Fsp3) is 0.625. The van der Waals surface area contributed by atoms with Gasteiger partial charge in [-0.15, -0.1) is 0 Å². The van der Waals surface area contributed by atoms with E-state index in [9.17, 15) is 0 Å². The molecule has 1 aliphatic heterocycles. The molecule has 1 aliphatic rings. The summed E-state index contributed by atoms with van der Waals surface area (Å²) in [7, 11) is 0. The zero-order valence-corrected chi connectivity index (χ0v) is 8.19. The largest absolute Gasteiger partial charge is 0.323 e. The van der Waals surface area contributed by atoms with Gasteiger partial charge in [-0.1, -0.05) is 0 Å². The van der Waals surface area contributed by atoms with E-state index in [2.05, 4.69) is 32.4 Å². The van der Waals surface area contributed by atoms with Crippen LogP contribution in [0.1, 0.15) is 24.4 Å². The van der Waals surface area contributed by atoms with Gasteiger partial charge in [0.25, 0.3) is 0 Å². The smallest absolute Gasteiger partial charge is 0.109 e. The minimum absolute atomic E-state index is 1.13. The number of aromatic nitrogens is 2. The summed E-state index contributed by atoms with van der Waals surface area (Å²) in [4.78, 5) is 4.47. The summed E-state index contributed by atoms with van der Waals surface area (Å²) < 4.78 is 3.45. The molecule has 11 heavy (non-hydrogen) atoms. The third-order valence-corrected chi connectivity index (χ3v) is 3.18. The summed E-state index contributed by atoms with van der Waals surface area (Å²) >= 11 is 3.54. The van der Waals surface area contributed by atoms with E-state index in [1.54, 1.807) is 0 Å². The average Bonchev–Trinajstić information content (AvgIpc) is 2.30. The Kier molecular flexibility index (Phi) is 1.75. The standard InChI is InChI=1S/C8H11BrN2/c1-6-8(9)11-5-3-2-4-7(11)10-6/h2-5H2,1H3. The highest BCUT2D eigenvalue weighted by Crippen LogP contribution is 2.23. The Morgan fingerprint density at radius 3 is 3.00 bits per heavy atom. The molecule has 0 bridgehead atoms. The van der Waals surface area contributed by atoms with Gasteiger partial charge in [0.1, 0.15) is 10.4 Å². The first-order valence-corrected chi connectivity index (χ1v) is 4.80. The van der Waals surface area contributed by atoms with Gasteiger partial charge in [0.15, 0.2) is 0 Å². The maximum absolute atomic E-state index is 4.47. The highest BCUT2D eigenvalue weighted by molar-refractivity contribution is 9.10. The van der Waals surface area contributed by atoms with Crippen molar-refractivity contribution in [3.05, 3.63) is 16.1 Å². The molecule has 0 aliphatic carbocycles. The van der Waals surface area contributed by atoms with Crippen LogP contribution < -0.4 is 0 Å². The van der Waals surface area contributed by atoms with Gasteiger partial charge >= 0.3 is 0 Å². The number of fused-ring (bicyclic) bond motifs is 1. The fourth-order valence-corrected chi connectivity index (χ4v) is 2.05. The zero-order chi connectivity index (χ0) is 7.84. The molecule has 2 rings (SSSR count). The predicted molar refractivity (Wildman–Crippen MR) is 47.6 cm³/mol. The third kappa shape index (κ3) is 1.11. The minimum Gasteiger partial charge on any atom is -0.323 e. The Balaban J connectivity index is 2.50. The summed E-state index contributed by atoms with van der Waals surface area (Å²) in [5, 5.41) is 0. The second-order valence-corrected chi connectivity index (χ2v) is 3.76. The molecule has 0 fully saturated rings. The third-order valence-electron chi connectivity index (χ3n) is 2.18. The van der Waals surface area contributed by atoms with Crippen LogP contribution >= 0.6 is 15.9 Å². The summed E-state index contributed by atoms with van der Waals surface area (Å²) in [6.45, 7) is 3.19. The Morgan fingerprint density at radius 2 is 2.27 bits per heavy atom. The van der Waals surface area contributed by atoms with Crippen LogP contribution in [0, 0.1) is 6.92 Å². The van der Waals surface area contributed by atoms with Gasteiger partial charge in [0, 0.05) is 13.0 Å². The van der Waals surface area contributed by atoms with Crippen LogP contribution in [-0.4, -0.2) is 9.55 Å². The molecule has 0 saturated heterocycles. The zero-order valence-electron chi connectivity index (χ0n) is 6.60. The first-order chi connectivity index (χ1) is 5.29. The first kappa shape index (κ1) is 7.35. The van der Waals surface area contributed by atoms with E-state index in [-0.39, 0.29) is 0 Å². The molecule has 0 aromatic carbocycles. The monoisotopic (exact) mass is 214 g/mol. The molecular formula is C8H11BrN2. The van der Waals surface area contributed by atoms with Crippen LogP contribution in [-0.2, 0) is 13.0 Å². The van der Waals surface area contributed by atoms with Crippen molar-refractivity contribution < 1.29 is 0 Å². The van der Waals surface area contributed by atoms with Crippen molar-refractivity contribution in [3.8, 4) is 0 Å². The number of hydrogen-bond donors (Lipinski definition) is 0. The van der Waals surface area contributed by atoms with Gasteiger partial charge < -0.3 is 4.57 Å². The van der Waals surface area contributed by atoms with Crippen LogP contribution in [0.3, 0.4) is 0 Å². The number of hydrogen-bond acceptors (Lipinski definition) is 1. The molecule has 2 heterocycles. The molecule has 0 saturated carbocycles. The van der Waals surface area contributed by atoms with Crippen LogP contribution in [0.15, 0.2) is 4.60 Å². The SMILES string of the molecule is Cc1nc2n(c1Br)CCCC2. The topological polar surface area (TPSA) is 17.8 Å². The normalized spacial score (nSPS) is 16.5. The van der Waals surface area contributed by atoms with E-state index in [1.165, 1.54) is 23.3 Å². The predicted octanol–water partition coefficient (Wildman–Crippen LogP) is 2.29. The van der Waals surface area contributed by atoms with Crippen molar-refractivity contribution in [2.75, 3.05) is 0 Å². The summed E-state index contributed by atoms with van der Waals surface area (Å²) in [6.07, 6.45) is 3.73. The molecule has 0 amide bonds. The number of aryl methyl sites for hydroxylation is 2. The van der Waals surface area contributed by atoms with Gasteiger partial charge in [-0.05, 0) is 35.7 Å². The van der Waals surface area contributed by atoms with Crippen molar-refractivity contribution in [2.45, 2.75) is 32.7 Å². The highest BCUT2D eigenvalue weighted by Gasteiger charge is 2.14. The lowest BCUT2D eigenvalue weighted by Gasteiger charge is -2.13. The van der Waals surface area contributed by atoms with E-state index in [0.717, 1.165) is 18.7 Å². The van der Waals surface area contributed by atoms with Crippen molar-refractivity contribution in [1.29, 1.82) is 0 Å². The van der Waals surface area contributed by atoms with Gasteiger partial charge in [0.2, 0.25) is 0 Å². The molecule has 2 nitrogen and oxygen atoms in total. The quantitative estimate of drug-likeness (QED) is 0.649. The van der Waals surface area contributed by atoms with Gasteiger partial charge in [-0.2, -0.15) is 0 Å². The second kappa shape index (κ2) is 2.63. The second-order valence-electron chi connectivity index (χ2n) is 3.01. The van der Waals surface area contributed by atoms with Crippen LogP contribution in [0.5, 0.6) is 0 Å². The van der Waals surface area contributed by atoms with Crippen LogP contribution in [0.25, 0.3) is 0 Å². The maximum Gasteiger partial charge on any atom is 0.109 e. The van der Waals surface area contributed by atoms with Crippen molar-refractivity contribution in [1.82, 2.24) is 9.55 Å². The molecule has 60 valence electrons. The van der Waals surface area contributed by atoms with Crippen LogP contribution in [0.4, 0.5) is 0 Å². The van der Waals surface area contributed by atoms with Crippen molar-refractivity contribution in [3.63, 3.8) is 0 Å². The number of halogens is 1. The van der Waals surface area contributed by atoms with Crippen molar-refractivity contribution >= 4 is 15.9 Å². The van der Waals surface area contributed by atoms with Gasteiger partial charge in [-0.3, -0.25) is 0 Å². The lowest BCUT2D eigenvalue weighted by Crippen LogP contribution is -2.10. The molecule has 0 N–H and O–H groups in total. The summed E-state index contributed by atoms with van der Waals surface area (Å²) in [5.74, 6) is 1.25. The van der Waals surface area contributed by atoms with Gasteiger partial charge in [-0.25, -0.2) is 4.98 Å². The van der Waals surface area contributed by atoms with E-state index < -0.39 is 0 Å². The molecule has 0 spiro atoms. The Labute approximate surface area is 74.8 Å². The van der Waals surface area contributed by atoms with Crippen LogP contribution in [0.2, 0.25) is 0 Å². The van der Waals surface area contributed by atoms with Gasteiger partial charge in [0.05, 0.1) is 5.69 Å². The molecule has 1 aromatic heterocycles. The molecule has 0 radical (unpaired) electrons. The molecule has 1 aromatic rings.